The van der Waals surface area contributed by atoms with Gasteiger partial charge in [0.2, 0.25) is 11.8 Å². The molecule has 1 fully saturated rings. The zero-order valence-electron chi connectivity index (χ0n) is 27.2. The Hall–Kier alpha value is -3.66. The molecule has 0 heterocycles. The maximum atomic E-state index is 14.7. The fraction of sp³-hybridized carbons (Fsp3) is 0.316. The highest BCUT2D eigenvalue weighted by Gasteiger charge is 2.35. The Morgan fingerprint density at radius 3 is 2.19 bits per heavy atom. The first-order valence-corrected chi connectivity index (χ1v) is 18.9. The molecule has 1 aliphatic carbocycles. The molecule has 1 atom stereocenters. The average Bonchev–Trinajstić information content (AvgIpc) is 3.08. The molecule has 2 amide bonds. The summed E-state index contributed by atoms with van der Waals surface area (Å²) >= 11 is 9.98. The van der Waals surface area contributed by atoms with Crippen molar-refractivity contribution in [3.05, 3.63) is 129 Å². The molecule has 1 N–H and O–H groups in total. The zero-order chi connectivity index (χ0) is 34.3. The third kappa shape index (κ3) is 9.07. The number of carbonyl (C=O) groups excluding carboxylic acids is 2. The van der Waals surface area contributed by atoms with E-state index in [4.69, 9.17) is 11.6 Å². The normalized spacial score (nSPS) is 14.2. The van der Waals surface area contributed by atoms with Gasteiger partial charge in [0.05, 0.1) is 10.6 Å². The maximum absolute atomic E-state index is 14.7. The van der Waals surface area contributed by atoms with Gasteiger partial charge in [-0.1, -0.05) is 113 Å². The topological polar surface area (TPSA) is 86.8 Å². The number of nitrogens with zero attached hydrogens (tertiary/aromatic N) is 2. The highest BCUT2D eigenvalue weighted by Crippen LogP contribution is 2.29. The predicted octanol–water partition coefficient (Wildman–Crippen LogP) is 8.00. The van der Waals surface area contributed by atoms with Gasteiger partial charge in [0, 0.05) is 28.5 Å². The van der Waals surface area contributed by atoms with Crippen LogP contribution in [-0.2, 0) is 32.6 Å². The van der Waals surface area contributed by atoms with E-state index >= 15 is 0 Å². The summed E-state index contributed by atoms with van der Waals surface area (Å²) in [7, 11) is -4.21. The second-order valence-corrected chi connectivity index (χ2v) is 15.6. The van der Waals surface area contributed by atoms with Gasteiger partial charge in [-0.15, -0.1) is 0 Å². The van der Waals surface area contributed by atoms with Crippen molar-refractivity contribution in [2.75, 3.05) is 10.8 Å². The Bertz CT molecular complexity index is 1810. The molecule has 0 aromatic heterocycles. The van der Waals surface area contributed by atoms with Gasteiger partial charge in [-0.3, -0.25) is 13.9 Å². The Morgan fingerprint density at radius 2 is 1.54 bits per heavy atom. The molecule has 0 aliphatic heterocycles. The van der Waals surface area contributed by atoms with Crippen LogP contribution in [0.25, 0.3) is 0 Å². The third-order valence-electron chi connectivity index (χ3n) is 8.82. The minimum absolute atomic E-state index is 0.0299. The van der Waals surface area contributed by atoms with Gasteiger partial charge in [-0.25, -0.2) is 8.42 Å². The van der Waals surface area contributed by atoms with Crippen LogP contribution in [-0.4, -0.2) is 43.8 Å². The molecule has 4 aromatic carbocycles. The Balaban J connectivity index is 1.57. The molecule has 4 aromatic rings. The van der Waals surface area contributed by atoms with Gasteiger partial charge in [0.15, 0.2) is 0 Å². The predicted molar refractivity (Wildman–Crippen MR) is 196 cm³/mol. The van der Waals surface area contributed by atoms with Crippen LogP contribution in [0.4, 0.5) is 5.69 Å². The summed E-state index contributed by atoms with van der Waals surface area (Å²) in [4.78, 5) is 30.5. The first-order valence-electron chi connectivity index (χ1n) is 16.2. The number of benzene rings is 4. The summed E-state index contributed by atoms with van der Waals surface area (Å²) < 4.78 is 30.5. The number of nitrogens with one attached hydrogen (secondary N) is 1. The van der Waals surface area contributed by atoms with E-state index in [1.165, 1.54) is 17.0 Å². The van der Waals surface area contributed by atoms with E-state index in [2.05, 4.69) is 21.2 Å². The lowest BCUT2D eigenvalue weighted by atomic mass is 9.94. The molecule has 0 bridgehead atoms. The van der Waals surface area contributed by atoms with Gasteiger partial charge >= 0.3 is 0 Å². The molecule has 0 radical (unpaired) electrons. The molecule has 10 heteroatoms. The van der Waals surface area contributed by atoms with Crippen molar-refractivity contribution in [3.63, 3.8) is 0 Å². The Morgan fingerprint density at radius 1 is 0.875 bits per heavy atom. The van der Waals surface area contributed by atoms with Gasteiger partial charge in [0.1, 0.15) is 12.6 Å². The molecule has 5 rings (SSSR count). The van der Waals surface area contributed by atoms with Gasteiger partial charge in [-0.2, -0.15) is 0 Å². The Labute approximate surface area is 297 Å². The van der Waals surface area contributed by atoms with E-state index in [0.29, 0.717) is 5.02 Å². The molecule has 7 nitrogen and oxygen atoms in total. The molecular weight excluding hydrogens is 710 g/mol. The second-order valence-electron chi connectivity index (χ2n) is 12.5. The average molecular weight is 751 g/mol. The van der Waals surface area contributed by atoms with Crippen LogP contribution in [0.2, 0.25) is 5.02 Å². The molecule has 0 unspecified atom stereocenters. The largest absolute Gasteiger partial charge is 0.352 e. The van der Waals surface area contributed by atoms with Crippen molar-refractivity contribution in [1.82, 2.24) is 10.2 Å². The fourth-order valence-electron chi connectivity index (χ4n) is 5.99. The summed E-state index contributed by atoms with van der Waals surface area (Å²) in [5, 5.41) is 3.62. The van der Waals surface area contributed by atoms with E-state index < -0.39 is 28.5 Å². The van der Waals surface area contributed by atoms with E-state index in [0.717, 1.165) is 63.1 Å². The molecule has 1 aliphatic rings. The number of sulfonamides is 1. The standard InChI is InChI=1S/C38H41BrClN3O4S/c1-27-13-21-34(22-14-27)48(46,47)43(33-20-15-28(2)35(40)24-33)26-37(44)42(25-30-16-18-31(39)19-17-30)36(23-29-9-5-3-6-10-29)38(45)41-32-11-7-4-8-12-32/h3,5-6,9-10,13-22,24,32,36H,4,7-8,11-12,23,25-26H2,1-2H3,(H,41,45)/t36-/m0/s1. The van der Waals surface area contributed by atoms with Crippen molar-refractivity contribution in [2.45, 2.75) is 75.9 Å². The summed E-state index contributed by atoms with van der Waals surface area (Å²) in [6, 6.07) is 27.7. The van der Waals surface area contributed by atoms with Crippen LogP contribution in [0.3, 0.4) is 0 Å². The Kier molecular flexibility index (Phi) is 12.0. The zero-order valence-corrected chi connectivity index (χ0v) is 30.4. The highest BCUT2D eigenvalue weighted by atomic mass is 79.9. The highest BCUT2D eigenvalue weighted by molar-refractivity contribution is 9.10. The number of rotatable bonds is 12. The van der Waals surface area contributed by atoms with Crippen molar-refractivity contribution in [2.24, 2.45) is 0 Å². The number of carbonyl (C=O) groups is 2. The first kappa shape index (κ1) is 35.6. The maximum Gasteiger partial charge on any atom is 0.264 e. The quantitative estimate of drug-likeness (QED) is 0.159. The molecule has 0 spiro atoms. The van der Waals surface area contributed by atoms with Crippen LogP contribution in [0, 0.1) is 13.8 Å². The lowest BCUT2D eigenvalue weighted by Crippen LogP contribution is -2.55. The number of halogens is 2. The number of aryl methyl sites for hydroxylation is 2. The minimum atomic E-state index is -4.21. The van der Waals surface area contributed by atoms with Gasteiger partial charge in [-0.05, 0) is 79.8 Å². The number of hydrogen-bond acceptors (Lipinski definition) is 4. The minimum Gasteiger partial charge on any atom is -0.352 e. The van der Waals surface area contributed by atoms with Crippen molar-refractivity contribution < 1.29 is 18.0 Å². The van der Waals surface area contributed by atoms with Crippen molar-refractivity contribution >= 4 is 55.1 Å². The number of anilines is 1. The summed E-state index contributed by atoms with van der Waals surface area (Å²) in [6.07, 6.45) is 5.27. The van der Waals surface area contributed by atoms with Crippen LogP contribution in [0.5, 0.6) is 0 Å². The van der Waals surface area contributed by atoms with Gasteiger partial charge in [0.25, 0.3) is 10.0 Å². The van der Waals surface area contributed by atoms with Crippen LogP contribution < -0.4 is 9.62 Å². The van der Waals surface area contributed by atoms with E-state index in [1.54, 1.807) is 30.3 Å². The van der Waals surface area contributed by atoms with Gasteiger partial charge < -0.3 is 10.2 Å². The second kappa shape index (κ2) is 16.2. The SMILES string of the molecule is Cc1ccc(S(=O)(=O)N(CC(=O)N(Cc2ccc(Br)cc2)[C@@H](Cc2ccccc2)C(=O)NC2CCCCC2)c2ccc(C)c(Cl)c2)cc1. The third-order valence-corrected chi connectivity index (χ3v) is 11.5. The van der Waals surface area contributed by atoms with Crippen LogP contribution in [0.15, 0.2) is 106 Å². The van der Waals surface area contributed by atoms with Crippen molar-refractivity contribution in [1.29, 1.82) is 0 Å². The van der Waals surface area contributed by atoms with Crippen LogP contribution >= 0.6 is 27.5 Å². The van der Waals surface area contributed by atoms with E-state index in [1.807, 2.05) is 68.4 Å². The smallest absolute Gasteiger partial charge is 0.264 e. The molecule has 1 saturated carbocycles. The molecule has 0 saturated heterocycles. The molecule has 48 heavy (non-hydrogen) atoms. The number of hydrogen-bond donors (Lipinski definition) is 1. The van der Waals surface area contributed by atoms with Crippen LogP contribution in [0.1, 0.15) is 54.4 Å². The lowest BCUT2D eigenvalue weighted by Gasteiger charge is -2.35. The molecule has 252 valence electrons. The summed E-state index contributed by atoms with van der Waals surface area (Å²) in [5.74, 6) is -0.757. The van der Waals surface area contributed by atoms with E-state index in [9.17, 15) is 18.0 Å². The molecular formula is C38H41BrClN3O4S. The summed E-state index contributed by atoms with van der Waals surface area (Å²) in [6.45, 7) is 3.28. The first-order chi connectivity index (χ1) is 23.0. The monoisotopic (exact) mass is 749 g/mol. The van der Waals surface area contributed by atoms with Crippen molar-refractivity contribution in [3.8, 4) is 0 Å². The summed E-state index contributed by atoms with van der Waals surface area (Å²) in [5.41, 5.74) is 3.64. The van der Waals surface area contributed by atoms with E-state index in [-0.39, 0.29) is 35.5 Å². The number of amides is 2. The fourth-order valence-corrected chi connectivity index (χ4v) is 7.83. The lowest BCUT2D eigenvalue weighted by molar-refractivity contribution is -0.140.